The molecule has 4 heteroatoms. The number of rotatable bonds is 6. The zero-order valence-electron chi connectivity index (χ0n) is 7.80. The monoisotopic (exact) mass is 174 g/mol. The average molecular weight is 174 g/mol. The second-order valence-corrected chi connectivity index (χ2v) is 3.10. The SMILES string of the molecule is CC(C)CCNCCOC(N)=O. The van der Waals surface area contributed by atoms with Crippen LogP contribution < -0.4 is 11.1 Å². The van der Waals surface area contributed by atoms with Gasteiger partial charge in [-0.15, -0.1) is 0 Å². The van der Waals surface area contributed by atoms with Crippen LogP contribution in [0, 0.1) is 5.92 Å². The highest BCUT2D eigenvalue weighted by atomic mass is 16.5. The minimum absolute atomic E-state index is 0.355. The second kappa shape index (κ2) is 6.91. The number of carbonyl (C=O) groups excluding carboxylic acids is 1. The highest BCUT2D eigenvalue weighted by Gasteiger charge is 1.94. The van der Waals surface area contributed by atoms with E-state index in [9.17, 15) is 4.79 Å². The van der Waals surface area contributed by atoms with Crippen molar-refractivity contribution in [1.29, 1.82) is 0 Å². The van der Waals surface area contributed by atoms with Crippen LogP contribution in [0.3, 0.4) is 0 Å². The minimum atomic E-state index is -0.708. The third-order valence-corrected chi connectivity index (χ3v) is 1.42. The quantitative estimate of drug-likeness (QED) is 0.583. The van der Waals surface area contributed by atoms with E-state index in [0.29, 0.717) is 19.1 Å². The van der Waals surface area contributed by atoms with Crippen LogP contribution in [0.25, 0.3) is 0 Å². The molecule has 72 valence electrons. The molecule has 0 saturated carbocycles. The van der Waals surface area contributed by atoms with Gasteiger partial charge in [-0.3, -0.25) is 0 Å². The molecule has 0 spiro atoms. The molecule has 0 aromatic carbocycles. The van der Waals surface area contributed by atoms with Gasteiger partial charge in [-0.25, -0.2) is 4.79 Å². The molecular formula is C8H18N2O2. The maximum Gasteiger partial charge on any atom is 0.404 e. The van der Waals surface area contributed by atoms with Crippen LogP contribution >= 0.6 is 0 Å². The van der Waals surface area contributed by atoms with E-state index >= 15 is 0 Å². The zero-order chi connectivity index (χ0) is 9.40. The predicted octanol–water partition coefficient (Wildman–Crippen LogP) is 0.717. The maximum absolute atomic E-state index is 10.1. The summed E-state index contributed by atoms with van der Waals surface area (Å²) in [5.41, 5.74) is 4.77. The molecule has 0 aliphatic rings. The molecule has 12 heavy (non-hydrogen) atoms. The van der Waals surface area contributed by atoms with Crippen molar-refractivity contribution in [3.63, 3.8) is 0 Å². The molecule has 3 N–H and O–H groups in total. The van der Waals surface area contributed by atoms with Gasteiger partial charge in [0, 0.05) is 6.54 Å². The van der Waals surface area contributed by atoms with Crippen LogP contribution in [0.4, 0.5) is 4.79 Å². The zero-order valence-corrected chi connectivity index (χ0v) is 7.80. The van der Waals surface area contributed by atoms with Gasteiger partial charge >= 0.3 is 6.09 Å². The summed E-state index contributed by atoms with van der Waals surface area (Å²) < 4.78 is 4.53. The van der Waals surface area contributed by atoms with Crippen molar-refractivity contribution >= 4 is 6.09 Å². The summed E-state index contributed by atoms with van der Waals surface area (Å²) in [5.74, 6) is 0.703. The van der Waals surface area contributed by atoms with E-state index in [1.807, 2.05) is 0 Å². The molecule has 0 radical (unpaired) electrons. The van der Waals surface area contributed by atoms with Gasteiger partial charge in [0.1, 0.15) is 6.61 Å². The number of primary amides is 1. The van der Waals surface area contributed by atoms with Crippen molar-refractivity contribution in [3.05, 3.63) is 0 Å². The summed E-state index contributed by atoms with van der Waals surface area (Å²) in [4.78, 5) is 10.1. The minimum Gasteiger partial charge on any atom is -0.448 e. The van der Waals surface area contributed by atoms with Gasteiger partial charge in [0.05, 0.1) is 0 Å². The Morgan fingerprint density at radius 3 is 2.67 bits per heavy atom. The number of hydrogen-bond acceptors (Lipinski definition) is 3. The first-order chi connectivity index (χ1) is 5.63. The molecule has 0 aromatic rings. The van der Waals surface area contributed by atoms with Crippen LogP contribution in [-0.4, -0.2) is 25.8 Å². The van der Waals surface area contributed by atoms with Crippen LogP contribution in [0.1, 0.15) is 20.3 Å². The van der Waals surface area contributed by atoms with Crippen LogP contribution in [-0.2, 0) is 4.74 Å². The summed E-state index contributed by atoms with van der Waals surface area (Å²) in [7, 11) is 0. The molecule has 0 heterocycles. The lowest BCUT2D eigenvalue weighted by Crippen LogP contribution is -2.24. The summed E-state index contributed by atoms with van der Waals surface area (Å²) in [6.07, 6.45) is 0.428. The Kier molecular flexibility index (Phi) is 6.47. The maximum atomic E-state index is 10.1. The topological polar surface area (TPSA) is 64.3 Å². The van der Waals surface area contributed by atoms with Crippen molar-refractivity contribution in [2.45, 2.75) is 20.3 Å². The first kappa shape index (κ1) is 11.2. The Labute approximate surface area is 73.5 Å². The number of ether oxygens (including phenoxy) is 1. The number of hydrogen-bond donors (Lipinski definition) is 2. The molecule has 4 nitrogen and oxygen atoms in total. The first-order valence-corrected chi connectivity index (χ1v) is 4.26. The van der Waals surface area contributed by atoms with Gasteiger partial charge in [0.2, 0.25) is 0 Å². The molecule has 0 aromatic heterocycles. The summed E-state index contributed by atoms with van der Waals surface area (Å²) in [6, 6.07) is 0. The van der Waals surface area contributed by atoms with Gasteiger partial charge in [-0.2, -0.15) is 0 Å². The normalized spacial score (nSPS) is 10.2. The molecule has 0 atom stereocenters. The van der Waals surface area contributed by atoms with Crippen molar-refractivity contribution < 1.29 is 9.53 Å². The molecular weight excluding hydrogens is 156 g/mol. The highest BCUT2D eigenvalue weighted by molar-refractivity contribution is 5.64. The van der Waals surface area contributed by atoms with Crippen molar-refractivity contribution in [1.82, 2.24) is 5.32 Å². The Balaban J connectivity index is 2.96. The van der Waals surface area contributed by atoms with Crippen LogP contribution in [0.5, 0.6) is 0 Å². The summed E-state index contributed by atoms with van der Waals surface area (Å²) in [6.45, 7) is 6.33. The van der Waals surface area contributed by atoms with Gasteiger partial charge in [-0.1, -0.05) is 13.8 Å². The van der Waals surface area contributed by atoms with Crippen LogP contribution in [0.2, 0.25) is 0 Å². The van der Waals surface area contributed by atoms with E-state index in [0.717, 1.165) is 13.0 Å². The lowest BCUT2D eigenvalue weighted by Gasteiger charge is -2.06. The lowest BCUT2D eigenvalue weighted by atomic mass is 10.1. The third-order valence-electron chi connectivity index (χ3n) is 1.42. The van der Waals surface area contributed by atoms with E-state index in [1.54, 1.807) is 0 Å². The fourth-order valence-corrected chi connectivity index (χ4v) is 0.740. The molecule has 0 saturated heterocycles. The molecule has 0 aliphatic heterocycles. The molecule has 1 amide bonds. The molecule has 0 aliphatic carbocycles. The number of carbonyl (C=O) groups is 1. The predicted molar refractivity (Wildman–Crippen MR) is 47.9 cm³/mol. The van der Waals surface area contributed by atoms with E-state index in [4.69, 9.17) is 5.73 Å². The fraction of sp³-hybridized carbons (Fsp3) is 0.875. The van der Waals surface area contributed by atoms with Crippen LogP contribution in [0.15, 0.2) is 0 Å². The highest BCUT2D eigenvalue weighted by Crippen LogP contribution is 1.95. The number of nitrogens with one attached hydrogen (secondary N) is 1. The fourth-order valence-electron chi connectivity index (χ4n) is 0.740. The van der Waals surface area contributed by atoms with E-state index in [2.05, 4.69) is 23.9 Å². The average Bonchev–Trinajstić information content (AvgIpc) is 1.95. The smallest absolute Gasteiger partial charge is 0.404 e. The Bertz CT molecular complexity index is 126. The van der Waals surface area contributed by atoms with E-state index < -0.39 is 6.09 Å². The Hall–Kier alpha value is -0.770. The van der Waals surface area contributed by atoms with Crippen molar-refractivity contribution in [3.8, 4) is 0 Å². The Morgan fingerprint density at radius 2 is 2.17 bits per heavy atom. The molecule has 0 fully saturated rings. The number of nitrogens with two attached hydrogens (primary N) is 1. The van der Waals surface area contributed by atoms with Crippen molar-refractivity contribution in [2.75, 3.05) is 19.7 Å². The third kappa shape index (κ3) is 9.23. The van der Waals surface area contributed by atoms with Gasteiger partial charge in [0.15, 0.2) is 0 Å². The van der Waals surface area contributed by atoms with Crippen molar-refractivity contribution in [2.24, 2.45) is 11.7 Å². The standard InChI is InChI=1S/C8H18N2O2/c1-7(2)3-4-10-5-6-12-8(9)11/h7,10H,3-6H2,1-2H3,(H2,9,11). The molecule has 0 rings (SSSR count). The number of amides is 1. The van der Waals surface area contributed by atoms with E-state index in [1.165, 1.54) is 0 Å². The molecule has 0 bridgehead atoms. The lowest BCUT2D eigenvalue weighted by molar-refractivity contribution is 0.157. The Morgan fingerprint density at radius 1 is 1.50 bits per heavy atom. The van der Waals surface area contributed by atoms with E-state index in [-0.39, 0.29) is 0 Å². The summed E-state index contributed by atoms with van der Waals surface area (Å²) in [5, 5.41) is 3.14. The van der Waals surface area contributed by atoms with Gasteiger partial charge < -0.3 is 15.8 Å². The second-order valence-electron chi connectivity index (χ2n) is 3.10. The summed E-state index contributed by atoms with van der Waals surface area (Å²) >= 11 is 0. The first-order valence-electron chi connectivity index (χ1n) is 4.26. The molecule has 0 unspecified atom stereocenters. The largest absolute Gasteiger partial charge is 0.448 e. The van der Waals surface area contributed by atoms with Gasteiger partial charge in [0.25, 0.3) is 0 Å². The van der Waals surface area contributed by atoms with Gasteiger partial charge in [-0.05, 0) is 18.9 Å².